The highest BCUT2D eigenvalue weighted by Gasteiger charge is 2.07. The third-order valence-corrected chi connectivity index (χ3v) is 3.60. The molecular formula is C14H13F2NOS. The average Bonchev–Trinajstić information content (AvgIpc) is 2.90. The maximum absolute atomic E-state index is 13.3. The van der Waals surface area contributed by atoms with Crippen LogP contribution in [0.1, 0.15) is 16.9 Å². The summed E-state index contributed by atoms with van der Waals surface area (Å²) >= 11 is 1.59. The molecule has 19 heavy (non-hydrogen) atoms. The van der Waals surface area contributed by atoms with Crippen molar-refractivity contribution >= 4 is 17.2 Å². The second-order valence-electron chi connectivity index (χ2n) is 4.09. The molecule has 1 aromatic heterocycles. The zero-order valence-corrected chi connectivity index (χ0v) is 11.0. The Bertz CT molecular complexity index is 555. The van der Waals surface area contributed by atoms with E-state index in [1.807, 2.05) is 17.5 Å². The van der Waals surface area contributed by atoms with Gasteiger partial charge in [0.2, 0.25) is 5.91 Å². The van der Waals surface area contributed by atoms with E-state index in [0.717, 1.165) is 23.1 Å². The van der Waals surface area contributed by atoms with Crippen LogP contribution in [-0.4, -0.2) is 5.91 Å². The smallest absolute Gasteiger partial charge is 0.220 e. The Balaban J connectivity index is 1.81. The van der Waals surface area contributed by atoms with E-state index in [2.05, 4.69) is 5.32 Å². The van der Waals surface area contributed by atoms with Gasteiger partial charge in [0, 0.05) is 23.4 Å². The molecular weight excluding hydrogens is 268 g/mol. The van der Waals surface area contributed by atoms with Gasteiger partial charge < -0.3 is 5.32 Å². The van der Waals surface area contributed by atoms with Gasteiger partial charge in [0.1, 0.15) is 11.6 Å². The molecule has 2 aromatic rings. The summed E-state index contributed by atoms with van der Waals surface area (Å²) in [6.07, 6.45) is 1.01. The quantitative estimate of drug-likeness (QED) is 0.895. The molecule has 0 saturated heterocycles. The highest BCUT2D eigenvalue weighted by atomic mass is 32.1. The molecule has 2 nitrogen and oxygen atoms in total. The predicted octanol–water partition coefficient (Wildman–Crippen LogP) is 3.28. The standard InChI is InChI=1S/C14H13F2NOS/c15-11-3-5-13(16)10(8-11)9-17-14(18)6-4-12-2-1-7-19-12/h1-3,5,7-8H,4,6,9H2,(H,17,18). The summed E-state index contributed by atoms with van der Waals surface area (Å²) < 4.78 is 26.2. The molecule has 0 aliphatic heterocycles. The third kappa shape index (κ3) is 4.13. The number of benzene rings is 1. The van der Waals surface area contributed by atoms with Gasteiger partial charge in [-0.05, 0) is 36.1 Å². The molecule has 1 amide bonds. The summed E-state index contributed by atoms with van der Waals surface area (Å²) in [5, 5.41) is 4.54. The van der Waals surface area contributed by atoms with Gasteiger partial charge in [-0.25, -0.2) is 8.78 Å². The van der Waals surface area contributed by atoms with Gasteiger partial charge in [-0.3, -0.25) is 4.79 Å². The fourth-order valence-electron chi connectivity index (χ4n) is 1.65. The van der Waals surface area contributed by atoms with Crippen molar-refractivity contribution in [3.05, 3.63) is 57.8 Å². The first-order valence-corrected chi connectivity index (χ1v) is 6.76. The average molecular weight is 281 g/mol. The number of hydrogen-bond acceptors (Lipinski definition) is 2. The first-order chi connectivity index (χ1) is 9.15. The topological polar surface area (TPSA) is 29.1 Å². The number of amides is 1. The SMILES string of the molecule is O=C(CCc1cccs1)NCc1cc(F)ccc1F. The Morgan fingerprint density at radius 3 is 2.84 bits per heavy atom. The number of hydrogen-bond donors (Lipinski definition) is 1. The van der Waals surface area contributed by atoms with E-state index in [1.165, 1.54) is 0 Å². The lowest BCUT2D eigenvalue weighted by Crippen LogP contribution is -2.23. The molecule has 0 radical (unpaired) electrons. The third-order valence-electron chi connectivity index (χ3n) is 2.66. The van der Waals surface area contributed by atoms with Crippen LogP contribution in [0, 0.1) is 11.6 Å². The van der Waals surface area contributed by atoms with Crippen molar-refractivity contribution in [2.75, 3.05) is 0 Å². The minimum Gasteiger partial charge on any atom is -0.352 e. The van der Waals surface area contributed by atoms with Crippen LogP contribution in [0.15, 0.2) is 35.7 Å². The number of carbonyl (C=O) groups excluding carboxylic acids is 1. The Kier molecular flexibility index (Phi) is 4.63. The van der Waals surface area contributed by atoms with E-state index in [0.29, 0.717) is 12.8 Å². The minimum atomic E-state index is -0.514. The molecule has 5 heteroatoms. The van der Waals surface area contributed by atoms with Crippen molar-refractivity contribution in [2.45, 2.75) is 19.4 Å². The highest BCUT2D eigenvalue weighted by Crippen LogP contribution is 2.11. The summed E-state index contributed by atoms with van der Waals surface area (Å²) in [7, 11) is 0. The fourth-order valence-corrected chi connectivity index (χ4v) is 2.36. The van der Waals surface area contributed by atoms with Crippen LogP contribution in [0.2, 0.25) is 0 Å². The van der Waals surface area contributed by atoms with Crippen molar-refractivity contribution < 1.29 is 13.6 Å². The predicted molar refractivity (Wildman–Crippen MR) is 70.8 cm³/mol. The fraction of sp³-hybridized carbons (Fsp3) is 0.214. The lowest BCUT2D eigenvalue weighted by Gasteiger charge is -2.06. The molecule has 0 fully saturated rings. The number of nitrogens with one attached hydrogen (secondary N) is 1. The molecule has 0 atom stereocenters. The molecule has 0 aliphatic rings. The Morgan fingerprint density at radius 2 is 2.11 bits per heavy atom. The summed E-state index contributed by atoms with van der Waals surface area (Å²) in [5.41, 5.74) is 0.157. The number of rotatable bonds is 5. The normalized spacial score (nSPS) is 10.4. The lowest BCUT2D eigenvalue weighted by molar-refractivity contribution is -0.121. The molecule has 0 aliphatic carbocycles. The van der Waals surface area contributed by atoms with Crippen LogP contribution in [0.3, 0.4) is 0 Å². The molecule has 1 aromatic carbocycles. The van der Waals surface area contributed by atoms with Gasteiger partial charge in [-0.2, -0.15) is 0 Å². The Hall–Kier alpha value is -1.75. The molecule has 1 heterocycles. The van der Waals surface area contributed by atoms with Crippen LogP contribution < -0.4 is 5.32 Å². The summed E-state index contributed by atoms with van der Waals surface area (Å²) in [5.74, 6) is -1.19. The zero-order valence-electron chi connectivity index (χ0n) is 10.2. The Labute approximate surface area is 114 Å². The molecule has 0 bridgehead atoms. The first-order valence-electron chi connectivity index (χ1n) is 5.88. The number of aryl methyl sites for hydroxylation is 1. The van der Waals surface area contributed by atoms with Crippen LogP contribution in [0.25, 0.3) is 0 Å². The Morgan fingerprint density at radius 1 is 1.26 bits per heavy atom. The molecule has 1 N–H and O–H groups in total. The van der Waals surface area contributed by atoms with E-state index < -0.39 is 11.6 Å². The molecule has 0 spiro atoms. The lowest BCUT2D eigenvalue weighted by atomic mass is 10.2. The maximum Gasteiger partial charge on any atom is 0.220 e. The van der Waals surface area contributed by atoms with Crippen molar-refractivity contribution in [1.29, 1.82) is 0 Å². The summed E-state index contributed by atoms with van der Waals surface area (Å²) in [6, 6.07) is 7.10. The molecule has 2 rings (SSSR count). The van der Waals surface area contributed by atoms with Crippen LogP contribution in [-0.2, 0) is 17.8 Å². The second kappa shape index (κ2) is 6.43. The van der Waals surface area contributed by atoms with Crippen molar-refractivity contribution in [1.82, 2.24) is 5.32 Å². The van der Waals surface area contributed by atoms with Gasteiger partial charge >= 0.3 is 0 Å². The summed E-state index contributed by atoms with van der Waals surface area (Å²) in [4.78, 5) is 12.7. The van der Waals surface area contributed by atoms with Gasteiger partial charge in [-0.1, -0.05) is 6.07 Å². The first kappa shape index (κ1) is 13.7. The molecule has 0 saturated carbocycles. The van der Waals surface area contributed by atoms with Crippen LogP contribution >= 0.6 is 11.3 Å². The minimum absolute atomic E-state index is 0.00681. The van der Waals surface area contributed by atoms with E-state index in [1.54, 1.807) is 11.3 Å². The van der Waals surface area contributed by atoms with Crippen molar-refractivity contribution in [3.63, 3.8) is 0 Å². The van der Waals surface area contributed by atoms with Gasteiger partial charge in [0.25, 0.3) is 0 Å². The molecule has 100 valence electrons. The number of halogens is 2. The van der Waals surface area contributed by atoms with Crippen LogP contribution in [0.5, 0.6) is 0 Å². The van der Waals surface area contributed by atoms with E-state index in [4.69, 9.17) is 0 Å². The van der Waals surface area contributed by atoms with E-state index >= 15 is 0 Å². The van der Waals surface area contributed by atoms with Crippen molar-refractivity contribution in [2.24, 2.45) is 0 Å². The second-order valence-corrected chi connectivity index (χ2v) is 5.12. The van der Waals surface area contributed by atoms with Gasteiger partial charge in [0.05, 0.1) is 0 Å². The molecule has 0 unspecified atom stereocenters. The highest BCUT2D eigenvalue weighted by molar-refractivity contribution is 7.09. The monoisotopic (exact) mass is 281 g/mol. The van der Waals surface area contributed by atoms with E-state index in [9.17, 15) is 13.6 Å². The largest absolute Gasteiger partial charge is 0.352 e. The zero-order chi connectivity index (χ0) is 13.7. The number of thiophene rings is 1. The van der Waals surface area contributed by atoms with E-state index in [-0.39, 0.29) is 18.0 Å². The van der Waals surface area contributed by atoms with Crippen molar-refractivity contribution in [3.8, 4) is 0 Å². The summed E-state index contributed by atoms with van der Waals surface area (Å²) in [6.45, 7) is 0.00681. The maximum atomic E-state index is 13.3. The van der Waals surface area contributed by atoms with Gasteiger partial charge in [0.15, 0.2) is 0 Å². The van der Waals surface area contributed by atoms with Crippen LogP contribution in [0.4, 0.5) is 8.78 Å². The van der Waals surface area contributed by atoms with Gasteiger partial charge in [-0.15, -0.1) is 11.3 Å². The number of carbonyl (C=O) groups is 1.